The van der Waals surface area contributed by atoms with Crippen molar-refractivity contribution < 1.29 is 14.1 Å². The van der Waals surface area contributed by atoms with Gasteiger partial charge in [-0.3, -0.25) is 14.1 Å². The van der Waals surface area contributed by atoms with Crippen LogP contribution in [0.2, 0.25) is 0 Å². The second kappa shape index (κ2) is 8.46. The van der Waals surface area contributed by atoms with Gasteiger partial charge in [0, 0.05) is 18.1 Å². The topological polar surface area (TPSA) is 132 Å². The molecule has 0 bridgehead atoms. The second-order valence-electron chi connectivity index (χ2n) is 6.53. The molecular weight excluding hydrogens is 376 g/mol. The molecular formula is C19H20N6O4. The van der Waals surface area contributed by atoms with Gasteiger partial charge >= 0.3 is 5.76 Å². The Labute approximate surface area is 166 Å². The van der Waals surface area contributed by atoms with Crippen LogP contribution in [-0.2, 0) is 16.1 Å². The zero-order valence-corrected chi connectivity index (χ0v) is 16.2. The second-order valence-corrected chi connectivity index (χ2v) is 6.53. The number of anilines is 1. The van der Waals surface area contributed by atoms with Crippen LogP contribution in [0.25, 0.3) is 11.6 Å². The summed E-state index contributed by atoms with van der Waals surface area (Å²) in [5, 5.41) is 8.88. The predicted molar refractivity (Wildman–Crippen MR) is 104 cm³/mol. The van der Waals surface area contributed by atoms with Crippen LogP contribution >= 0.6 is 0 Å². The van der Waals surface area contributed by atoms with Crippen LogP contribution < -0.4 is 16.4 Å². The fourth-order valence-corrected chi connectivity index (χ4v) is 2.92. The van der Waals surface area contributed by atoms with E-state index in [2.05, 4.69) is 30.3 Å². The Morgan fingerprint density at radius 3 is 2.38 bits per heavy atom. The van der Waals surface area contributed by atoms with Gasteiger partial charge in [0.15, 0.2) is 5.82 Å². The summed E-state index contributed by atoms with van der Waals surface area (Å²) in [4.78, 5) is 44.3. The SMILES string of the molecule is Cc1cc(C)c(NC(=O)CNC(=O)Cn2c(-c3ncccn3)noc2=O)c(C)c1. The summed E-state index contributed by atoms with van der Waals surface area (Å²) in [6, 6.07) is 5.54. The van der Waals surface area contributed by atoms with Gasteiger partial charge in [-0.05, 0) is 38.0 Å². The fraction of sp³-hybridized carbons (Fsp3) is 0.263. The number of nitrogens with zero attached hydrogens (tertiary/aromatic N) is 4. The third-order valence-corrected chi connectivity index (χ3v) is 4.14. The molecule has 0 aliphatic carbocycles. The van der Waals surface area contributed by atoms with Gasteiger partial charge in [0.05, 0.1) is 6.54 Å². The van der Waals surface area contributed by atoms with E-state index in [1.807, 2.05) is 32.9 Å². The highest BCUT2D eigenvalue weighted by molar-refractivity contribution is 5.95. The van der Waals surface area contributed by atoms with E-state index in [-0.39, 0.29) is 30.6 Å². The average Bonchev–Trinajstić information content (AvgIpc) is 3.04. The standard InChI is InChI=1S/C19H20N6O4/c1-11-7-12(2)16(13(3)8-11)23-14(26)9-22-15(27)10-25-18(24-29-19(25)28)17-20-5-4-6-21-17/h4-8H,9-10H2,1-3H3,(H,22,27)(H,23,26). The summed E-state index contributed by atoms with van der Waals surface area (Å²) in [6.07, 6.45) is 2.95. The van der Waals surface area contributed by atoms with E-state index in [0.717, 1.165) is 21.3 Å². The molecule has 0 aliphatic rings. The lowest BCUT2D eigenvalue weighted by atomic mass is 10.1. The first-order chi connectivity index (χ1) is 13.8. The van der Waals surface area contributed by atoms with Crippen molar-refractivity contribution >= 4 is 17.5 Å². The zero-order chi connectivity index (χ0) is 21.0. The van der Waals surface area contributed by atoms with E-state index in [1.165, 1.54) is 12.4 Å². The molecule has 3 aromatic rings. The van der Waals surface area contributed by atoms with Crippen LogP contribution in [0.5, 0.6) is 0 Å². The van der Waals surface area contributed by atoms with Crippen LogP contribution in [0.1, 0.15) is 16.7 Å². The molecule has 10 heteroatoms. The number of hydrogen-bond acceptors (Lipinski definition) is 7. The van der Waals surface area contributed by atoms with Gasteiger partial charge in [-0.25, -0.2) is 19.3 Å². The lowest BCUT2D eigenvalue weighted by Crippen LogP contribution is -2.36. The van der Waals surface area contributed by atoms with Crippen molar-refractivity contribution in [3.05, 3.63) is 57.8 Å². The van der Waals surface area contributed by atoms with E-state index >= 15 is 0 Å². The lowest BCUT2D eigenvalue weighted by Gasteiger charge is -2.13. The minimum atomic E-state index is -0.821. The van der Waals surface area contributed by atoms with Crippen molar-refractivity contribution in [1.82, 2.24) is 25.0 Å². The Balaban J connectivity index is 1.62. The van der Waals surface area contributed by atoms with Gasteiger partial charge in [0.1, 0.15) is 6.54 Å². The van der Waals surface area contributed by atoms with E-state index in [9.17, 15) is 14.4 Å². The first-order valence-corrected chi connectivity index (χ1v) is 8.83. The Bertz CT molecular complexity index is 1080. The molecule has 0 radical (unpaired) electrons. The first kappa shape index (κ1) is 19.9. The highest BCUT2D eigenvalue weighted by Crippen LogP contribution is 2.21. The van der Waals surface area contributed by atoms with E-state index in [4.69, 9.17) is 0 Å². The van der Waals surface area contributed by atoms with Gasteiger partial charge < -0.3 is 10.6 Å². The van der Waals surface area contributed by atoms with Crippen LogP contribution in [0.3, 0.4) is 0 Å². The van der Waals surface area contributed by atoms with Crippen LogP contribution in [0, 0.1) is 20.8 Å². The third-order valence-electron chi connectivity index (χ3n) is 4.14. The number of nitrogens with one attached hydrogen (secondary N) is 2. The van der Waals surface area contributed by atoms with E-state index in [1.54, 1.807) is 6.07 Å². The Morgan fingerprint density at radius 1 is 1.07 bits per heavy atom. The molecule has 2 amide bonds. The highest BCUT2D eigenvalue weighted by Gasteiger charge is 2.18. The molecule has 0 atom stereocenters. The zero-order valence-electron chi connectivity index (χ0n) is 16.2. The summed E-state index contributed by atoms with van der Waals surface area (Å²) in [5.74, 6) is -1.58. The summed E-state index contributed by atoms with van der Waals surface area (Å²) >= 11 is 0. The molecule has 10 nitrogen and oxygen atoms in total. The van der Waals surface area contributed by atoms with Crippen molar-refractivity contribution in [2.45, 2.75) is 27.3 Å². The van der Waals surface area contributed by atoms with Gasteiger partial charge in [0.2, 0.25) is 17.6 Å². The summed E-state index contributed by atoms with van der Waals surface area (Å²) in [6.45, 7) is 5.15. The number of aromatic nitrogens is 4. The maximum Gasteiger partial charge on any atom is 0.442 e. The molecule has 0 spiro atoms. The number of carbonyl (C=O) groups is 2. The van der Waals surface area contributed by atoms with Gasteiger partial charge in [-0.1, -0.05) is 22.9 Å². The minimum absolute atomic E-state index is 0.0288. The molecule has 2 aromatic heterocycles. The predicted octanol–water partition coefficient (Wildman–Crippen LogP) is 0.973. The summed E-state index contributed by atoms with van der Waals surface area (Å²) < 4.78 is 5.61. The van der Waals surface area contributed by atoms with Crippen molar-refractivity contribution in [3.8, 4) is 11.6 Å². The normalized spacial score (nSPS) is 10.6. The number of hydrogen-bond donors (Lipinski definition) is 2. The van der Waals surface area contributed by atoms with Crippen molar-refractivity contribution in [3.63, 3.8) is 0 Å². The lowest BCUT2D eigenvalue weighted by molar-refractivity contribution is -0.124. The number of carbonyl (C=O) groups excluding carboxylic acids is 2. The van der Waals surface area contributed by atoms with Crippen molar-refractivity contribution in [2.75, 3.05) is 11.9 Å². The Morgan fingerprint density at radius 2 is 1.72 bits per heavy atom. The number of amides is 2. The van der Waals surface area contributed by atoms with Crippen LogP contribution in [0.4, 0.5) is 5.69 Å². The number of rotatable bonds is 6. The van der Waals surface area contributed by atoms with Gasteiger partial charge in [-0.2, -0.15) is 0 Å². The quantitative estimate of drug-likeness (QED) is 0.634. The molecule has 0 aliphatic heterocycles. The van der Waals surface area contributed by atoms with Gasteiger partial charge in [0.25, 0.3) is 0 Å². The van der Waals surface area contributed by atoms with Gasteiger partial charge in [-0.15, -0.1) is 0 Å². The fourth-order valence-electron chi connectivity index (χ4n) is 2.92. The van der Waals surface area contributed by atoms with Crippen molar-refractivity contribution in [1.29, 1.82) is 0 Å². The first-order valence-electron chi connectivity index (χ1n) is 8.83. The molecule has 2 heterocycles. The highest BCUT2D eigenvalue weighted by atomic mass is 16.5. The molecule has 0 saturated carbocycles. The molecule has 0 saturated heterocycles. The summed E-state index contributed by atoms with van der Waals surface area (Å²) in [7, 11) is 0. The molecule has 0 fully saturated rings. The smallest absolute Gasteiger partial charge is 0.345 e. The molecule has 2 N–H and O–H groups in total. The molecule has 150 valence electrons. The molecule has 29 heavy (non-hydrogen) atoms. The summed E-state index contributed by atoms with van der Waals surface area (Å²) in [5.41, 5.74) is 3.69. The molecule has 0 unspecified atom stereocenters. The van der Waals surface area contributed by atoms with Crippen LogP contribution in [-0.4, -0.2) is 38.1 Å². The largest absolute Gasteiger partial charge is 0.442 e. The number of aryl methyl sites for hydroxylation is 3. The van der Waals surface area contributed by atoms with Crippen LogP contribution in [0.15, 0.2) is 39.9 Å². The Hall–Kier alpha value is -3.82. The monoisotopic (exact) mass is 396 g/mol. The Kier molecular flexibility index (Phi) is 5.82. The average molecular weight is 396 g/mol. The minimum Gasteiger partial charge on any atom is -0.345 e. The molecule has 3 rings (SSSR count). The maximum atomic E-state index is 12.2. The maximum absolute atomic E-state index is 12.2. The van der Waals surface area contributed by atoms with E-state index in [0.29, 0.717) is 5.69 Å². The number of benzene rings is 1. The van der Waals surface area contributed by atoms with E-state index < -0.39 is 11.7 Å². The molecule has 1 aromatic carbocycles. The van der Waals surface area contributed by atoms with Crippen molar-refractivity contribution in [2.24, 2.45) is 0 Å². The third kappa shape index (κ3) is 4.72.